The van der Waals surface area contributed by atoms with Gasteiger partial charge in [-0.15, -0.1) is 0 Å². The van der Waals surface area contributed by atoms with Gasteiger partial charge in [0.2, 0.25) is 0 Å². The molecular weight excluding hydrogens is 170 g/mol. The van der Waals surface area contributed by atoms with Crippen LogP contribution in [0.1, 0.15) is 23.2 Å². The Morgan fingerprint density at radius 3 is 3.17 bits per heavy atom. The Morgan fingerprint density at radius 2 is 2.33 bits per heavy atom. The van der Waals surface area contributed by atoms with E-state index in [1.807, 2.05) is 6.92 Å². The number of allylic oxidation sites excluding steroid dienone is 1. The second-order valence-electron chi connectivity index (χ2n) is 3.07. The van der Waals surface area contributed by atoms with Crippen LogP contribution in [0, 0.1) is 6.92 Å². The van der Waals surface area contributed by atoms with Gasteiger partial charge in [-0.05, 0) is 37.0 Å². The third kappa shape index (κ3) is 1.25. The van der Waals surface area contributed by atoms with Crippen LogP contribution in [-0.4, -0.2) is 4.98 Å². The average molecular weight is 180 g/mol. The maximum atomic E-state index is 5.91. The second-order valence-corrected chi connectivity index (χ2v) is 3.43. The molecule has 2 heteroatoms. The van der Waals surface area contributed by atoms with Crippen molar-refractivity contribution in [3.8, 4) is 0 Å². The first kappa shape index (κ1) is 7.81. The van der Waals surface area contributed by atoms with E-state index >= 15 is 0 Å². The average Bonchev–Trinajstić information content (AvgIpc) is 2.07. The summed E-state index contributed by atoms with van der Waals surface area (Å²) in [6.45, 7) is 1.98. The second kappa shape index (κ2) is 2.91. The summed E-state index contributed by atoms with van der Waals surface area (Å²) < 4.78 is 0. The fourth-order valence-electron chi connectivity index (χ4n) is 1.42. The van der Waals surface area contributed by atoms with Crippen molar-refractivity contribution in [2.24, 2.45) is 0 Å². The highest BCUT2D eigenvalue weighted by atomic mass is 35.5. The van der Waals surface area contributed by atoms with Crippen molar-refractivity contribution in [3.05, 3.63) is 34.1 Å². The van der Waals surface area contributed by atoms with E-state index in [0.717, 1.165) is 24.1 Å². The van der Waals surface area contributed by atoms with E-state index in [1.54, 1.807) is 0 Å². The number of hydrogen-bond donors (Lipinski definition) is 0. The molecule has 0 aromatic carbocycles. The molecule has 0 bridgehead atoms. The first-order valence-corrected chi connectivity index (χ1v) is 4.48. The van der Waals surface area contributed by atoms with Crippen LogP contribution in [0.5, 0.6) is 0 Å². The maximum Gasteiger partial charge on any atom is 0.132 e. The largest absolute Gasteiger partial charge is 0.240 e. The van der Waals surface area contributed by atoms with Gasteiger partial charge in [0.1, 0.15) is 5.15 Å². The van der Waals surface area contributed by atoms with Crippen LogP contribution in [0.3, 0.4) is 0 Å². The van der Waals surface area contributed by atoms with E-state index in [2.05, 4.69) is 23.2 Å². The predicted molar refractivity (Wildman–Crippen MR) is 51.3 cm³/mol. The van der Waals surface area contributed by atoms with Crippen LogP contribution >= 0.6 is 11.6 Å². The zero-order valence-electron chi connectivity index (χ0n) is 6.97. The molecule has 1 heterocycles. The Balaban J connectivity index is 2.58. The van der Waals surface area contributed by atoms with Crippen molar-refractivity contribution in [3.63, 3.8) is 0 Å². The SMILES string of the molecule is Cc1cc2c(nc1Cl)CCC=C2. The molecular formula is C10H10ClN. The predicted octanol–water partition coefficient (Wildman–Crippen LogP) is 3.00. The molecule has 62 valence electrons. The van der Waals surface area contributed by atoms with E-state index in [4.69, 9.17) is 11.6 Å². The van der Waals surface area contributed by atoms with Gasteiger partial charge in [0, 0.05) is 5.69 Å². The number of halogens is 1. The molecule has 1 aromatic rings. The van der Waals surface area contributed by atoms with Gasteiger partial charge in [0.15, 0.2) is 0 Å². The van der Waals surface area contributed by atoms with Gasteiger partial charge in [-0.1, -0.05) is 23.8 Å². The molecule has 1 aliphatic rings. The van der Waals surface area contributed by atoms with Crippen molar-refractivity contribution in [2.75, 3.05) is 0 Å². The van der Waals surface area contributed by atoms with E-state index in [1.165, 1.54) is 5.56 Å². The lowest BCUT2D eigenvalue weighted by atomic mass is 10.0. The van der Waals surface area contributed by atoms with E-state index < -0.39 is 0 Å². The summed E-state index contributed by atoms with van der Waals surface area (Å²) in [5.74, 6) is 0. The summed E-state index contributed by atoms with van der Waals surface area (Å²) in [7, 11) is 0. The van der Waals surface area contributed by atoms with Gasteiger partial charge in [0.25, 0.3) is 0 Å². The van der Waals surface area contributed by atoms with Crippen LogP contribution in [0.25, 0.3) is 6.08 Å². The molecule has 0 aliphatic heterocycles. The molecule has 0 unspecified atom stereocenters. The molecule has 1 aliphatic carbocycles. The van der Waals surface area contributed by atoms with Gasteiger partial charge in [-0.3, -0.25) is 0 Å². The standard InChI is InChI=1S/C10H10ClN/c1-7-6-8-4-2-3-5-9(8)12-10(7)11/h2,4,6H,3,5H2,1H3. The van der Waals surface area contributed by atoms with Crippen LogP contribution < -0.4 is 0 Å². The molecule has 0 saturated heterocycles. The first-order chi connectivity index (χ1) is 5.77. The topological polar surface area (TPSA) is 12.9 Å². The Bertz CT molecular complexity index is 342. The molecule has 1 aromatic heterocycles. The number of rotatable bonds is 0. The third-order valence-electron chi connectivity index (χ3n) is 2.11. The lowest BCUT2D eigenvalue weighted by Gasteiger charge is -2.10. The summed E-state index contributed by atoms with van der Waals surface area (Å²) in [6, 6.07) is 2.10. The molecule has 0 radical (unpaired) electrons. The molecule has 0 fully saturated rings. The molecule has 2 rings (SSSR count). The number of aromatic nitrogens is 1. The number of fused-ring (bicyclic) bond motifs is 1. The highest BCUT2D eigenvalue weighted by Gasteiger charge is 2.07. The molecule has 0 saturated carbocycles. The van der Waals surface area contributed by atoms with Crippen molar-refractivity contribution >= 4 is 17.7 Å². The van der Waals surface area contributed by atoms with Crippen LogP contribution in [0.15, 0.2) is 12.1 Å². The Morgan fingerprint density at radius 1 is 1.50 bits per heavy atom. The molecule has 0 N–H and O–H groups in total. The summed E-state index contributed by atoms with van der Waals surface area (Å²) in [6.07, 6.45) is 6.40. The summed E-state index contributed by atoms with van der Waals surface area (Å²) in [5.41, 5.74) is 3.42. The lowest BCUT2D eigenvalue weighted by Crippen LogP contribution is -1.99. The Hall–Kier alpha value is -0.820. The van der Waals surface area contributed by atoms with Gasteiger partial charge in [-0.25, -0.2) is 4.98 Å². The fraction of sp³-hybridized carbons (Fsp3) is 0.300. The quantitative estimate of drug-likeness (QED) is 0.558. The van der Waals surface area contributed by atoms with E-state index in [-0.39, 0.29) is 0 Å². The summed E-state index contributed by atoms with van der Waals surface area (Å²) in [4.78, 5) is 4.33. The van der Waals surface area contributed by atoms with Gasteiger partial charge in [-0.2, -0.15) is 0 Å². The lowest BCUT2D eigenvalue weighted by molar-refractivity contribution is 0.923. The molecule has 0 atom stereocenters. The molecule has 1 nitrogen and oxygen atoms in total. The number of pyridine rings is 1. The Labute approximate surface area is 77.1 Å². The first-order valence-electron chi connectivity index (χ1n) is 4.10. The maximum absolute atomic E-state index is 5.91. The van der Waals surface area contributed by atoms with Crippen molar-refractivity contribution in [2.45, 2.75) is 19.8 Å². The summed E-state index contributed by atoms with van der Waals surface area (Å²) >= 11 is 5.91. The zero-order valence-corrected chi connectivity index (χ0v) is 7.73. The van der Waals surface area contributed by atoms with Gasteiger partial charge < -0.3 is 0 Å². The van der Waals surface area contributed by atoms with Gasteiger partial charge >= 0.3 is 0 Å². The van der Waals surface area contributed by atoms with Crippen LogP contribution in [0.2, 0.25) is 5.15 Å². The minimum Gasteiger partial charge on any atom is -0.240 e. The summed E-state index contributed by atoms with van der Waals surface area (Å²) in [5, 5.41) is 0.643. The smallest absolute Gasteiger partial charge is 0.132 e. The van der Waals surface area contributed by atoms with Crippen molar-refractivity contribution < 1.29 is 0 Å². The van der Waals surface area contributed by atoms with Crippen LogP contribution in [0.4, 0.5) is 0 Å². The fourth-order valence-corrected chi connectivity index (χ4v) is 1.58. The molecule has 0 amide bonds. The molecule has 0 spiro atoms. The van der Waals surface area contributed by atoms with Crippen molar-refractivity contribution in [1.82, 2.24) is 4.98 Å². The minimum absolute atomic E-state index is 0.643. The highest BCUT2D eigenvalue weighted by Crippen LogP contribution is 2.22. The monoisotopic (exact) mass is 179 g/mol. The highest BCUT2D eigenvalue weighted by molar-refractivity contribution is 6.30. The normalized spacial score (nSPS) is 14.5. The number of nitrogens with zero attached hydrogens (tertiary/aromatic N) is 1. The van der Waals surface area contributed by atoms with Crippen molar-refractivity contribution in [1.29, 1.82) is 0 Å². The van der Waals surface area contributed by atoms with Crippen LogP contribution in [-0.2, 0) is 6.42 Å². The molecule has 12 heavy (non-hydrogen) atoms. The third-order valence-corrected chi connectivity index (χ3v) is 2.49. The minimum atomic E-state index is 0.643. The Kier molecular flexibility index (Phi) is 1.89. The number of hydrogen-bond acceptors (Lipinski definition) is 1. The van der Waals surface area contributed by atoms with E-state index in [9.17, 15) is 0 Å². The number of aryl methyl sites for hydroxylation is 2. The van der Waals surface area contributed by atoms with E-state index in [0.29, 0.717) is 5.15 Å². The zero-order chi connectivity index (χ0) is 8.55. The van der Waals surface area contributed by atoms with Gasteiger partial charge in [0.05, 0.1) is 0 Å².